The monoisotopic (exact) mass is 313 g/mol. The molecule has 124 valence electrons. The molecule has 0 aliphatic carbocycles. The van der Waals surface area contributed by atoms with Crippen molar-refractivity contribution in [3.05, 3.63) is 54.1 Å². The van der Waals surface area contributed by atoms with Gasteiger partial charge in [0.25, 0.3) is 0 Å². The third kappa shape index (κ3) is 5.85. The maximum atomic E-state index is 5.85. The van der Waals surface area contributed by atoms with E-state index in [4.69, 9.17) is 9.47 Å². The Labute approximate surface area is 139 Å². The molecule has 0 aliphatic rings. The lowest BCUT2D eigenvalue weighted by Gasteiger charge is -2.14. The summed E-state index contributed by atoms with van der Waals surface area (Å²) in [5.74, 6) is 1.83. The van der Waals surface area contributed by atoms with Gasteiger partial charge in [0.05, 0.1) is 18.4 Å². The molecule has 0 fully saturated rings. The maximum Gasteiger partial charge on any atom is 0.142 e. The van der Waals surface area contributed by atoms with Gasteiger partial charge in [-0.05, 0) is 50.1 Å². The van der Waals surface area contributed by atoms with E-state index in [1.165, 1.54) is 5.56 Å². The van der Waals surface area contributed by atoms with Crippen LogP contribution in [0.4, 0.5) is 5.69 Å². The largest absolute Gasteiger partial charge is 0.491 e. The molecule has 2 rings (SSSR count). The lowest BCUT2D eigenvalue weighted by Crippen LogP contribution is -2.06. The second-order valence-corrected chi connectivity index (χ2v) is 5.86. The number of rotatable bonds is 9. The topological polar surface area (TPSA) is 30.5 Å². The Kier molecular flexibility index (Phi) is 6.79. The highest BCUT2D eigenvalue weighted by molar-refractivity contribution is 5.56. The van der Waals surface area contributed by atoms with Crippen molar-refractivity contribution >= 4 is 5.69 Å². The van der Waals surface area contributed by atoms with Gasteiger partial charge in [-0.1, -0.05) is 37.6 Å². The number of hydrogen-bond acceptors (Lipinski definition) is 3. The maximum absolute atomic E-state index is 5.85. The van der Waals surface area contributed by atoms with E-state index in [9.17, 15) is 0 Å². The predicted octanol–water partition coefficient (Wildman–Crippen LogP) is 5.26. The molecular formula is C20H27NO2. The van der Waals surface area contributed by atoms with E-state index in [0.717, 1.165) is 43.2 Å². The molecule has 0 aliphatic heterocycles. The molecule has 23 heavy (non-hydrogen) atoms. The Morgan fingerprint density at radius 3 is 2.43 bits per heavy atom. The van der Waals surface area contributed by atoms with Crippen molar-refractivity contribution in [3.8, 4) is 11.5 Å². The van der Waals surface area contributed by atoms with Crippen LogP contribution in [0.1, 0.15) is 39.2 Å². The van der Waals surface area contributed by atoms with Gasteiger partial charge in [0, 0.05) is 6.54 Å². The smallest absolute Gasteiger partial charge is 0.142 e. The number of para-hydroxylation sites is 2. The molecule has 0 spiro atoms. The van der Waals surface area contributed by atoms with Gasteiger partial charge in [-0.3, -0.25) is 0 Å². The van der Waals surface area contributed by atoms with Crippen LogP contribution in [0.5, 0.6) is 11.5 Å². The van der Waals surface area contributed by atoms with Crippen LogP contribution >= 0.6 is 0 Å². The van der Waals surface area contributed by atoms with Gasteiger partial charge >= 0.3 is 0 Å². The first-order valence-corrected chi connectivity index (χ1v) is 8.40. The number of benzene rings is 2. The minimum absolute atomic E-state index is 0.200. The van der Waals surface area contributed by atoms with Crippen LogP contribution in [0.15, 0.2) is 48.5 Å². The van der Waals surface area contributed by atoms with Crippen molar-refractivity contribution in [2.45, 2.75) is 46.3 Å². The SMILES string of the molecule is CCCCOc1ccccc1NCc1ccc(OC(C)C)cc1. The average molecular weight is 313 g/mol. The van der Waals surface area contributed by atoms with Crippen molar-refractivity contribution in [1.82, 2.24) is 0 Å². The fraction of sp³-hybridized carbons (Fsp3) is 0.400. The molecule has 0 aromatic heterocycles. The van der Waals surface area contributed by atoms with Gasteiger partial charge < -0.3 is 14.8 Å². The van der Waals surface area contributed by atoms with E-state index < -0.39 is 0 Å². The first-order chi connectivity index (χ1) is 11.2. The standard InChI is InChI=1S/C20H27NO2/c1-4-5-14-22-20-9-7-6-8-19(20)21-15-17-10-12-18(13-11-17)23-16(2)3/h6-13,16,21H,4-5,14-15H2,1-3H3. The van der Waals surface area contributed by atoms with Gasteiger partial charge in [0.2, 0.25) is 0 Å². The minimum Gasteiger partial charge on any atom is -0.491 e. The zero-order valence-corrected chi connectivity index (χ0v) is 14.3. The van der Waals surface area contributed by atoms with Crippen LogP contribution in [0, 0.1) is 0 Å². The number of unbranched alkanes of at least 4 members (excludes halogenated alkanes) is 1. The molecule has 0 bridgehead atoms. The first-order valence-electron chi connectivity index (χ1n) is 8.40. The molecule has 0 amide bonds. The summed E-state index contributed by atoms with van der Waals surface area (Å²) in [4.78, 5) is 0. The zero-order valence-electron chi connectivity index (χ0n) is 14.3. The van der Waals surface area contributed by atoms with Gasteiger partial charge in [-0.2, -0.15) is 0 Å². The van der Waals surface area contributed by atoms with Crippen LogP contribution in [0.2, 0.25) is 0 Å². The Morgan fingerprint density at radius 2 is 1.74 bits per heavy atom. The van der Waals surface area contributed by atoms with E-state index in [-0.39, 0.29) is 6.10 Å². The summed E-state index contributed by atoms with van der Waals surface area (Å²) in [7, 11) is 0. The van der Waals surface area contributed by atoms with Crippen molar-refractivity contribution in [1.29, 1.82) is 0 Å². The number of nitrogens with one attached hydrogen (secondary N) is 1. The second-order valence-electron chi connectivity index (χ2n) is 5.86. The van der Waals surface area contributed by atoms with Gasteiger partial charge in [0.15, 0.2) is 0 Å². The molecule has 0 heterocycles. The Bertz CT molecular complexity index is 578. The van der Waals surface area contributed by atoms with Gasteiger partial charge in [-0.15, -0.1) is 0 Å². The fourth-order valence-corrected chi connectivity index (χ4v) is 2.22. The van der Waals surface area contributed by atoms with Crippen molar-refractivity contribution < 1.29 is 9.47 Å². The third-order valence-electron chi connectivity index (χ3n) is 3.42. The molecule has 2 aromatic carbocycles. The van der Waals surface area contributed by atoms with E-state index in [2.05, 4.69) is 30.4 Å². The molecule has 2 aromatic rings. The van der Waals surface area contributed by atoms with Crippen molar-refractivity contribution in [3.63, 3.8) is 0 Å². The van der Waals surface area contributed by atoms with E-state index in [0.29, 0.717) is 0 Å². The van der Waals surface area contributed by atoms with Gasteiger partial charge in [-0.25, -0.2) is 0 Å². The fourth-order valence-electron chi connectivity index (χ4n) is 2.22. The molecule has 0 saturated heterocycles. The minimum atomic E-state index is 0.200. The van der Waals surface area contributed by atoms with Crippen molar-refractivity contribution in [2.24, 2.45) is 0 Å². The van der Waals surface area contributed by atoms with E-state index in [1.54, 1.807) is 0 Å². The summed E-state index contributed by atoms with van der Waals surface area (Å²) in [5.41, 5.74) is 2.25. The zero-order chi connectivity index (χ0) is 16.5. The highest BCUT2D eigenvalue weighted by Crippen LogP contribution is 2.25. The Balaban J connectivity index is 1.92. The lowest BCUT2D eigenvalue weighted by atomic mass is 10.2. The highest BCUT2D eigenvalue weighted by Gasteiger charge is 2.03. The summed E-state index contributed by atoms with van der Waals surface area (Å²) in [6.07, 6.45) is 2.41. The Morgan fingerprint density at radius 1 is 1.00 bits per heavy atom. The predicted molar refractivity (Wildman–Crippen MR) is 96.4 cm³/mol. The van der Waals surface area contributed by atoms with E-state index >= 15 is 0 Å². The molecule has 0 saturated carbocycles. The molecule has 3 heteroatoms. The quantitative estimate of drug-likeness (QED) is 0.640. The second kappa shape index (κ2) is 9.09. The summed E-state index contributed by atoms with van der Waals surface area (Å²) in [6.45, 7) is 7.75. The Hall–Kier alpha value is -2.16. The first kappa shape index (κ1) is 17.2. The third-order valence-corrected chi connectivity index (χ3v) is 3.42. The van der Waals surface area contributed by atoms with Crippen LogP contribution in [0.3, 0.4) is 0 Å². The molecule has 0 radical (unpaired) electrons. The van der Waals surface area contributed by atoms with Crippen LogP contribution in [0.25, 0.3) is 0 Å². The normalized spacial score (nSPS) is 10.6. The molecule has 0 unspecified atom stereocenters. The summed E-state index contributed by atoms with van der Waals surface area (Å²) < 4.78 is 11.5. The molecular weight excluding hydrogens is 286 g/mol. The molecule has 3 nitrogen and oxygen atoms in total. The summed E-state index contributed by atoms with van der Waals surface area (Å²) in [5, 5.41) is 3.45. The molecule has 1 N–H and O–H groups in total. The highest BCUT2D eigenvalue weighted by atomic mass is 16.5. The van der Waals surface area contributed by atoms with Gasteiger partial charge in [0.1, 0.15) is 11.5 Å². The summed E-state index contributed by atoms with van der Waals surface area (Å²) >= 11 is 0. The lowest BCUT2D eigenvalue weighted by molar-refractivity contribution is 0.242. The number of anilines is 1. The number of hydrogen-bond donors (Lipinski definition) is 1. The van der Waals surface area contributed by atoms with Crippen LogP contribution in [-0.2, 0) is 6.54 Å². The van der Waals surface area contributed by atoms with Crippen molar-refractivity contribution in [2.75, 3.05) is 11.9 Å². The average Bonchev–Trinajstić information content (AvgIpc) is 2.55. The summed E-state index contributed by atoms with van der Waals surface area (Å²) in [6, 6.07) is 16.3. The number of ether oxygens (including phenoxy) is 2. The van der Waals surface area contributed by atoms with E-state index in [1.807, 2.05) is 44.2 Å². The van der Waals surface area contributed by atoms with Crippen LogP contribution in [-0.4, -0.2) is 12.7 Å². The molecule has 0 atom stereocenters. The van der Waals surface area contributed by atoms with Crippen LogP contribution < -0.4 is 14.8 Å².